The number of phosphoric ester groups is 1. The number of halogens is 1. The van der Waals surface area contributed by atoms with Crippen LogP contribution in [0, 0.1) is 0 Å². The Bertz CT molecular complexity index is 1280. The second-order valence-corrected chi connectivity index (χ2v) is 11.8. The van der Waals surface area contributed by atoms with E-state index in [1.807, 2.05) is 0 Å². The maximum Gasteiger partial charge on any atom is 0.490 e. The minimum Gasteiger partial charge on any atom is -0.382 e. The highest BCUT2D eigenvalue weighted by Crippen LogP contribution is 2.71. The number of aliphatic hydroxyl groups is 1. The van der Waals surface area contributed by atoms with E-state index in [4.69, 9.17) is 26.0 Å². The molecule has 1 saturated carbocycles. The number of ether oxygens (including phenoxy) is 1. The van der Waals surface area contributed by atoms with Crippen LogP contribution in [-0.2, 0) is 37.3 Å². The molecule has 2 fully saturated rings. The lowest BCUT2D eigenvalue weighted by atomic mass is 9.86. The summed E-state index contributed by atoms with van der Waals surface area (Å²) in [6.45, 7) is 0.817. The molecule has 1 saturated heterocycles. The van der Waals surface area contributed by atoms with Crippen molar-refractivity contribution in [1.29, 1.82) is 0 Å². The fraction of sp³-hybridized carbons (Fsp3) is 0.500. The predicted molar refractivity (Wildman–Crippen MR) is 101 cm³/mol. The van der Waals surface area contributed by atoms with Crippen molar-refractivity contribution >= 4 is 34.8 Å². The number of nitrogens with two attached hydrogens (primary N) is 2. The van der Waals surface area contributed by atoms with E-state index in [2.05, 4.69) is 23.2 Å². The van der Waals surface area contributed by atoms with Gasteiger partial charge in [0.25, 0.3) is 0 Å². The quantitative estimate of drug-likeness (QED) is 0.210. The van der Waals surface area contributed by atoms with Gasteiger partial charge in [-0.2, -0.15) is 13.7 Å². The number of phosphoric acid groups is 3. The van der Waals surface area contributed by atoms with Gasteiger partial charge in [-0.15, -0.1) is 0 Å². The van der Waals surface area contributed by atoms with Crippen molar-refractivity contribution in [2.24, 2.45) is 5.73 Å². The third kappa shape index (κ3) is 3.77. The van der Waals surface area contributed by atoms with Crippen LogP contribution in [0.5, 0.6) is 0 Å². The number of aromatic nitrogens is 3. The van der Waals surface area contributed by atoms with E-state index in [9.17, 15) is 28.6 Å². The molecule has 0 radical (unpaired) electrons. The number of nitrogen functional groups attached to an aromatic ring is 1. The molecule has 9 N–H and O–H groups in total. The maximum atomic E-state index is 15.9. The van der Waals surface area contributed by atoms with E-state index in [0.29, 0.717) is 0 Å². The smallest absolute Gasteiger partial charge is 0.382 e. The summed E-state index contributed by atoms with van der Waals surface area (Å²) in [5, 5.41) is 14.7. The Morgan fingerprint density at radius 1 is 1.18 bits per heavy atom. The van der Waals surface area contributed by atoms with Crippen LogP contribution in [0.4, 0.5) is 10.2 Å². The van der Waals surface area contributed by atoms with Crippen LogP contribution in [0.2, 0.25) is 0 Å². The SMILES string of the molecule is CC1(F)C(N)(c2ccc3c(N)ncnn23)OC2C(OP(=O)(O)OP(=O)(O)OP(=O)(O)O)C21O. The summed E-state index contributed by atoms with van der Waals surface area (Å²) < 4.78 is 68.4. The van der Waals surface area contributed by atoms with Crippen LogP contribution in [0.1, 0.15) is 12.6 Å². The standard InChI is InChI=1S/C12H17FN5O12P3/c1-10(13)11(19)7(8(11)28-32(23,24)30-33(25,26)29-31(20,21)22)27-12(10,15)6-3-2-5-9(14)16-4-17-18(5)6/h2-4,7-8,19H,15H2,1H3,(H,23,24)(H,25,26)(H2,14,16,17)(H2,20,21,22). The number of rotatable bonds is 7. The summed E-state index contributed by atoms with van der Waals surface area (Å²) in [6.07, 6.45) is -2.55. The van der Waals surface area contributed by atoms with E-state index >= 15 is 4.39 Å². The Morgan fingerprint density at radius 3 is 2.36 bits per heavy atom. The predicted octanol–water partition coefficient (Wildman–Crippen LogP) is -0.993. The molecule has 4 rings (SSSR count). The van der Waals surface area contributed by atoms with Crippen molar-refractivity contribution in [3.63, 3.8) is 0 Å². The topological polar surface area (TPSA) is 272 Å². The number of anilines is 1. The Hall–Kier alpha value is -1.36. The summed E-state index contributed by atoms with van der Waals surface area (Å²) in [5.41, 5.74) is 4.05. The second kappa shape index (κ2) is 7.08. The molecule has 7 atom stereocenters. The van der Waals surface area contributed by atoms with Crippen LogP contribution in [0.25, 0.3) is 5.52 Å². The largest absolute Gasteiger partial charge is 0.490 e. The van der Waals surface area contributed by atoms with Crippen LogP contribution < -0.4 is 11.5 Å². The van der Waals surface area contributed by atoms with Gasteiger partial charge in [0.05, 0.1) is 5.69 Å². The highest BCUT2D eigenvalue weighted by Gasteiger charge is 2.89. The van der Waals surface area contributed by atoms with Gasteiger partial charge in [0.2, 0.25) is 0 Å². The van der Waals surface area contributed by atoms with Gasteiger partial charge >= 0.3 is 23.5 Å². The van der Waals surface area contributed by atoms with E-state index < -0.39 is 52.7 Å². The average molecular weight is 535 g/mol. The van der Waals surface area contributed by atoms with Crippen molar-refractivity contribution in [3.05, 3.63) is 24.2 Å². The third-order valence-electron chi connectivity index (χ3n) is 5.32. The molecule has 7 unspecified atom stereocenters. The molecule has 0 amide bonds. The molecule has 1 aliphatic heterocycles. The molecule has 0 spiro atoms. The average Bonchev–Trinajstić information content (AvgIpc) is 2.94. The maximum absolute atomic E-state index is 15.9. The number of hydrogen-bond donors (Lipinski definition) is 7. The molecule has 33 heavy (non-hydrogen) atoms. The number of nitrogens with zero attached hydrogens (tertiary/aromatic N) is 3. The van der Waals surface area contributed by atoms with E-state index in [1.54, 1.807) is 0 Å². The van der Waals surface area contributed by atoms with E-state index in [-0.39, 0.29) is 17.0 Å². The molecule has 3 heterocycles. The Labute approximate surface area is 182 Å². The zero-order valence-electron chi connectivity index (χ0n) is 16.2. The molecule has 184 valence electrons. The van der Waals surface area contributed by atoms with Crippen molar-refractivity contribution < 1.29 is 60.6 Å². The first-order chi connectivity index (χ1) is 14.8. The fourth-order valence-electron chi connectivity index (χ4n) is 3.72. The minimum atomic E-state index is -5.82. The van der Waals surface area contributed by atoms with Gasteiger partial charge in [0, 0.05) is 0 Å². The normalized spacial score (nSPS) is 37.5. The van der Waals surface area contributed by atoms with Gasteiger partial charge in [0.15, 0.2) is 22.8 Å². The molecular formula is C12H17FN5O12P3. The second-order valence-electron chi connectivity index (χ2n) is 7.38. The van der Waals surface area contributed by atoms with Crippen molar-refractivity contribution in [3.8, 4) is 0 Å². The minimum absolute atomic E-state index is 0.0350. The van der Waals surface area contributed by atoms with Gasteiger partial charge in [-0.1, -0.05) is 0 Å². The van der Waals surface area contributed by atoms with Crippen LogP contribution in [0.15, 0.2) is 18.5 Å². The lowest BCUT2D eigenvalue weighted by Gasteiger charge is -2.38. The van der Waals surface area contributed by atoms with Crippen LogP contribution >= 0.6 is 23.5 Å². The molecule has 2 aromatic rings. The Morgan fingerprint density at radius 2 is 1.82 bits per heavy atom. The van der Waals surface area contributed by atoms with Crippen molar-refractivity contribution in [2.45, 2.75) is 36.1 Å². The zero-order chi connectivity index (χ0) is 24.8. The highest BCUT2D eigenvalue weighted by atomic mass is 31.3. The number of fused-ring (bicyclic) bond motifs is 2. The number of alkyl halides is 1. The summed E-state index contributed by atoms with van der Waals surface area (Å²) in [6, 6.07) is 2.72. The molecule has 0 aromatic carbocycles. The Kier molecular flexibility index (Phi) is 5.31. The summed E-state index contributed by atoms with van der Waals surface area (Å²) in [4.78, 5) is 39.8. The first-order valence-electron chi connectivity index (χ1n) is 8.63. The summed E-state index contributed by atoms with van der Waals surface area (Å²) in [7, 11) is -17.1. The van der Waals surface area contributed by atoms with Gasteiger partial charge in [-0.3, -0.25) is 10.3 Å². The highest BCUT2D eigenvalue weighted by molar-refractivity contribution is 7.66. The molecule has 2 aliphatic rings. The van der Waals surface area contributed by atoms with Gasteiger partial charge in [-0.25, -0.2) is 27.6 Å². The molecular weight excluding hydrogens is 518 g/mol. The van der Waals surface area contributed by atoms with E-state index in [0.717, 1.165) is 17.8 Å². The summed E-state index contributed by atoms with van der Waals surface area (Å²) in [5.74, 6) is 0.0350. The van der Waals surface area contributed by atoms with Crippen molar-refractivity contribution in [2.75, 3.05) is 5.73 Å². The van der Waals surface area contributed by atoms with Gasteiger partial charge in [-0.05, 0) is 19.1 Å². The van der Waals surface area contributed by atoms with Gasteiger partial charge in [0.1, 0.15) is 24.1 Å². The molecule has 2 aromatic heterocycles. The van der Waals surface area contributed by atoms with Crippen LogP contribution in [0.3, 0.4) is 0 Å². The summed E-state index contributed by atoms with van der Waals surface area (Å²) >= 11 is 0. The Balaban J connectivity index is 1.58. The van der Waals surface area contributed by atoms with Gasteiger partial charge < -0.3 is 35.2 Å². The first-order valence-corrected chi connectivity index (χ1v) is 13.2. The zero-order valence-corrected chi connectivity index (χ0v) is 18.9. The number of hydrogen-bond acceptors (Lipinski definition) is 12. The first kappa shape index (κ1) is 24.8. The lowest BCUT2D eigenvalue weighted by molar-refractivity contribution is -0.153. The van der Waals surface area contributed by atoms with Crippen molar-refractivity contribution in [1.82, 2.24) is 14.6 Å². The molecule has 1 aliphatic carbocycles. The molecule has 21 heteroatoms. The molecule has 0 bridgehead atoms. The van der Waals surface area contributed by atoms with Crippen LogP contribution in [-0.4, -0.2) is 62.8 Å². The third-order valence-corrected chi connectivity index (χ3v) is 9.14. The van der Waals surface area contributed by atoms with E-state index in [1.165, 1.54) is 12.1 Å². The lowest BCUT2D eigenvalue weighted by Crippen LogP contribution is -2.60. The molecule has 17 nitrogen and oxygen atoms in total. The fourth-order valence-corrected chi connectivity index (χ4v) is 6.94. The monoisotopic (exact) mass is 535 g/mol.